The number of hydrogen-bond acceptors (Lipinski definition) is 8. The van der Waals surface area contributed by atoms with Crippen LogP contribution in [0.2, 0.25) is 0 Å². The van der Waals surface area contributed by atoms with Crippen molar-refractivity contribution in [3.05, 3.63) is 0 Å². The van der Waals surface area contributed by atoms with E-state index in [1.54, 1.807) is 20.8 Å². The van der Waals surface area contributed by atoms with Crippen molar-refractivity contribution in [2.45, 2.75) is 39.3 Å². The maximum absolute atomic E-state index is 11.7. The monoisotopic (exact) mass is 431 g/mol. The van der Waals surface area contributed by atoms with E-state index in [0.717, 1.165) is 0 Å². The van der Waals surface area contributed by atoms with Crippen LogP contribution >= 0.6 is 0 Å². The smallest absolute Gasteiger partial charge is 0.408 e. The van der Waals surface area contributed by atoms with Crippen molar-refractivity contribution in [3.63, 3.8) is 0 Å². The van der Waals surface area contributed by atoms with Crippen LogP contribution in [0.25, 0.3) is 0 Å². The number of rotatable bonds is 10. The number of alkyl carbamates (subject to hydrolysis) is 1. The molecule has 0 aromatic rings. The van der Waals surface area contributed by atoms with Crippen LogP contribution in [0.5, 0.6) is 0 Å². The van der Waals surface area contributed by atoms with Gasteiger partial charge in [0.05, 0.1) is 20.2 Å². The van der Waals surface area contributed by atoms with Gasteiger partial charge < -0.3 is 36.1 Å². The van der Waals surface area contributed by atoms with Crippen molar-refractivity contribution < 1.29 is 38.2 Å². The van der Waals surface area contributed by atoms with Gasteiger partial charge in [0.25, 0.3) is 0 Å². The summed E-state index contributed by atoms with van der Waals surface area (Å²) in [6.45, 7) is 4.82. The zero-order valence-corrected chi connectivity index (χ0v) is 17.7. The van der Waals surface area contributed by atoms with Crippen molar-refractivity contribution >= 4 is 35.7 Å². The van der Waals surface area contributed by atoms with E-state index in [-0.39, 0.29) is 13.1 Å². The van der Waals surface area contributed by atoms with E-state index in [0.29, 0.717) is 0 Å². The van der Waals surface area contributed by atoms with Crippen LogP contribution in [-0.2, 0) is 33.4 Å². The fourth-order valence-electron chi connectivity index (χ4n) is 1.69. The first-order valence-electron chi connectivity index (χ1n) is 8.98. The van der Waals surface area contributed by atoms with E-state index in [2.05, 4.69) is 31.3 Å². The number of carbonyl (C=O) groups excluding carboxylic acids is 6. The molecule has 5 amide bonds. The SMILES string of the molecule is COC(=O)CNC(=O)C(C)NC(=O)CNC(=O)CNC(=O)CNC(=O)OC(C)(C)C. The van der Waals surface area contributed by atoms with Gasteiger partial charge in [-0.05, 0) is 27.7 Å². The molecule has 0 saturated carbocycles. The van der Waals surface area contributed by atoms with Gasteiger partial charge in [-0.1, -0.05) is 0 Å². The summed E-state index contributed by atoms with van der Waals surface area (Å²) in [6.07, 6.45) is -0.775. The Bertz CT molecular complexity index is 659. The minimum atomic E-state index is -0.947. The summed E-state index contributed by atoms with van der Waals surface area (Å²) in [7, 11) is 1.17. The normalized spacial score (nSPS) is 11.4. The van der Waals surface area contributed by atoms with E-state index >= 15 is 0 Å². The molecule has 5 N–H and O–H groups in total. The highest BCUT2D eigenvalue weighted by Gasteiger charge is 2.18. The lowest BCUT2D eigenvalue weighted by Gasteiger charge is -2.19. The quantitative estimate of drug-likeness (QED) is 0.236. The van der Waals surface area contributed by atoms with E-state index in [1.807, 2.05) is 0 Å². The molecular weight excluding hydrogens is 402 g/mol. The molecular formula is C17H29N5O8. The molecule has 0 heterocycles. The third-order valence-corrected chi connectivity index (χ3v) is 3.09. The molecule has 1 atom stereocenters. The maximum Gasteiger partial charge on any atom is 0.408 e. The van der Waals surface area contributed by atoms with Crippen LogP contribution in [0, 0.1) is 0 Å². The van der Waals surface area contributed by atoms with Gasteiger partial charge in [0.2, 0.25) is 23.6 Å². The summed E-state index contributed by atoms with van der Waals surface area (Å²) in [5.41, 5.74) is -0.708. The number of nitrogens with one attached hydrogen (secondary N) is 5. The second-order valence-corrected chi connectivity index (χ2v) is 6.99. The van der Waals surface area contributed by atoms with Gasteiger partial charge in [0.1, 0.15) is 24.7 Å². The van der Waals surface area contributed by atoms with Gasteiger partial charge in [-0.25, -0.2) is 4.79 Å². The fraction of sp³-hybridized carbons (Fsp3) is 0.647. The molecule has 0 fully saturated rings. The van der Waals surface area contributed by atoms with Crippen LogP contribution in [0.15, 0.2) is 0 Å². The molecule has 0 aliphatic rings. The predicted octanol–water partition coefficient (Wildman–Crippen LogP) is -2.46. The number of ether oxygens (including phenoxy) is 2. The third kappa shape index (κ3) is 13.7. The zero-order valence-electron chi connectivity index (χ0n) is 17.7. The Hall–Kier alpha value is -3.38. The van der Waals surface area contributed by atoms with Gasteiger partial charge in [-0.2, -0.15) is 0 Å². The molecule has 0 aliphatic carbocycles. The topological polar surface area (TPSA) is 181 Å². The summed E-state index contributed by atoms with van der Waals surface area (Å²) in [5.74, 6) is -3.18. The van der Waals surface area contributed by atoms with Crippen LogP contribution in [-0.4, -0.2) is 80.6 Å². The van der Waals surface area contributed by atoms with Gasteiger partial charge in [0, 0.05) is 0 Å². The van der Waals surface area contributed by atoms with Crippen molar-refractivity contribution in [2.75, 3.05) is 33.3 Å². The zero-order chi connectivity index (χ0) is 23.3. The summed E-state index contributed by atoms with van der Waals surface area (Å²) in [6, 6.07) is -0.947. The molecule has 0 rings (SSSR count). The third-order valence-electron chi connectivity index (χ3n) is 3.09. The summed E-state index contributed by atoms with van der Waals surface area (Å²) >= 11 is 0. The highest BCUT2D eigenvalue weighted by atomic mass is 16.6. The molecule has 0 saturated heterocycles. The van der Waals surface area contributed by atoms with Crippen molar-refractivity contribution in [2.24, 2.45) is 0 Å². The lowest BCUT2D eigenvalue weighted by Crippen LogP contribution is -2.49. The van der Waals surface area contributed by atoms with Gasteiger partial charge >= 0.3 is 12.1 Å². The van der Waals surface area contributed by atoms with Crippen LogP contribution in [0.3, 0.4) is 0 Å². The lowest BCUT2D eigenvalue weighted by atomic mass is 10.2. The van der Waals surface area contributed by atoms with Gasteiger partial charge in [-0.3, -0.25) is 24.0 Å². The van der Waals surface area contributed by atoms with E-state index in [4.69, 9.17) is 4.74 Å². The number of esters is 1. The molecule has 0 spiro atoms. The van der Waals surface area contributed by atoms with Crippen molar-refractivity contribution in [1.29, 1.82) is 0 Å². The molecule has 30 heavy (non-hydrogen) atoms. The molecule has 0 bridgehead atoms. The second-order valence-electron chi connectivity index (χ2n) is 6.99. The minimum Gasteiger partial charge on any atom is -0.468 e. The number of hydrogen-bond donors (Lipinski definition) is 5. The molecule has 0 aliphatic heterocycles. The number of carbonyl (C=O) groups is 6. The van der Waals surface area contributed by atoms with Crippen molar-refractivity contribution in [1.82, 2.24) is 26.6 Å². The number of methoxy groups -OCH3 is 1. The first-order chi connectivity index (χ1) is 13.8. The Morgan fingerprint density at radius 2 is 1.27 bits per heavy atom. The molecule has 0 aromatic heterocycles. The molecule has 13 nitrogen and oxygen atoms in total. The Balaban J connectivity index is 4.05. The lowest BCUT2D eigenvalue weighted by molar-refractivity contribution is -0.141. The molecule has 0 radical (unpaired) electrons. The highest BCUT2D eigenvalue weighted by Crippen LogP contribution is 2.05. The first-order valence-corrected chi connectivity index (χ1v) is 8.98. The first kappa shape index (κ1) is 26.6. The Morgan fingerprint density at radius 3 is 1.77 bits per heavy atom. The van der Waals surface area contributed by atoms with E-state index in [1.165, 1.54) is 14.0 Å². The number of amides is 5. The summed E-state index contributed by atoms with van der Waals surface area (Å²) in [4.78, 5) is 69.0. The van der Waals surface area contributed by atoms with Gasteiger partial charge in [0.15, 0.2) is 0 Å². The maximum atomic E-state index is 11.7. The summed E-state index contributed by atoms with van der Waals surface area (Å²) < 4.78 is 9.32. The minimum absolute atomic E-state index is 0.339. The highest BCUT2D eigenvalue weighted by molar-refractivity contribution is 5.92. The summed E-state index contributed by atoms with van der Waals surface area (Å²) in [5, 5.41) is 11.3. The largest absolute Gasteiger partial charge is 0.468 e. The van der Waals surface area contributed by atoms with Gasteiger partial charge in [-0.15, -0.1) is 0 Å². The van der Waals surface area contributed by atoms with Crippen molar-refractivity contribution in [3.8, 4) is 0 Å². The average Bonchev–Trinajstić information content (AvgIpc) is 2.65. The molecule has 13 heteroatoms. The second kappa shape index (κ2) is 13.0. The molecule has 0 aromatic carbocycles. The standard InChI is InChI=1S/C17H29N5O8/c1-10(15(27)20-9-14(26)29-5)22-13(25)8-19-11(23)6-18-12(24)7-21-16(28)30-17(2,3)4/h10H,6-9H2,1-5H3,(H,18,24)(H,19,23)(H,20,27)(H,21,28)(H,22,25). The van der Waals surface area contributed by atoms with E-state index < -0.39 is 60.4 Å². The van der Waals surface area contributed by atoms with Crippen LogP contribution < -0.4 is 26.6 Å². The fourth-order valence-corrected chi connectivity index (χ4v) is 1.69. The molecule has 1 unspecified atom stereocenters. The Morgan fingerprint density at radius 1 is 0.767 bits per heavy atom. The molecule has 170 valence electrons. The average molecular weight is 431 g/mol. The Kier molecular flexibility index (Phi) is 11.5. The van der Waals surface area contributed by atoms with Crippen LogP contribution in [0.4, 0.5) is 4.79 Å². The predicted molar refractivity (Wildman–Crippen MR) is 103 cm³/mol. The van der Waals surface area contributed by atoms with E-state index in [9.17, 15) is 28.8 Å². The Labute approximate surface area is 174 Å². The van der Waals surface area contributed by atoms with Crippen LogP contribution in [0.1, 0.15) is 27.7 Å².